The molecule has 1 saturated carbocycles. The molecular formula is C15H19F3N2O2. The van der Waals surface area contributed by atoms with Crippen LogP contribution in [0.15, 0.2) is 18.2 Å². The minimum atomic E-state index is -3.00. The quantitative estimate of drug-likeness (QED) is 0.898. The summed E-state index contributed by atoms with van der Waals surface area (Å²) in [4.78, 5) is 11.6. The molecule has 0 radical (unpaired) electrons. The number of rotatable bonds is 3. The normalized spacial score (nSPS) is 23.0. The van der Waals surface area contributed by atoms with Gasteiger partial charge in [-0.2, -0.15) is 0 Å². The second-order valence-electron chi connectivity index (χ2n) is 6.49. The summed E-state index contributed by atoms with van der Waals surface area (Å²) in [5.41, 5.74) is 3.07. The van der Waals surface area contributed by atoms with Crippen molar-refractivity contribution in [3.05, 3.63) is 29.6 Å². The van der Waals surface area contributed by atoms with Gasteiger partial charge in [0.1, 0.15) is 11.4 Å². The third-order valence-corrected chi connectivity index (χ3v) is 3.58. The zero-order valence-electron chi connectivity index (χ0n) is 12.7. The Labute approximate surface area is 126 Å². The molecule has 0 heterocycles. The van der Waals surface area contributed by atoms with Crippen molar-refractivity contribution in [1.29, 1.82) is 0 Å². The highest BCUT2D eigenvalue weighted by atomic mass is 19.3. The standard InChI is InChI=1S/C15H19F3N2O2/c1-13(2,3)22-12(21)20-9-4-5-10(11(16)6-9)14(8-19)7-15(14,17)18/h4-6H,7-8,19H2,1-3H3,(H,20,21). The van der Waals surface area contributed by atoms with Gasteiger partial charge in [-0.05, 0) is 32.9 Å². The van der Waals surface area contributed by atoms with Crippen molar-refractivity contribution < 1.29 is 22.7 Å². The van der Waals surface area contributed by atoms with E-state index in [1.165, 1.54) is 12.1 Å². The molecule has 0 aliphatic heterocycles. The molecule has 4 nitrogen and oxygen atoms in total. The summed E-state index contributed by atoms with van der Waals surface area (Å²) in [7, 11) is 0. The summed E-state index contributed by atoms with van der Waals surface area (Å²) in [5.74, 6) is -3.82. The van der Waals surface area contributed by atoms with E-state index in [2.05, 4.69) is 5.32 Å². The number of amides is 1. The molecule has 1 amide bonds. The number of hydrogen-bond acceptors (Lipinski definition) is 3. The van der Waals surface area contributed by atoms with Gasteiger partial charge in [-0.15, -0.1) is 0 Å². The summed E-state index contributed by atoms with van der Waals surface area (Å²) in [5, 5.41) is 2.36. The number of halogens is 3. The lowest BCUT2D eigenvalue weighted by atomic mass is 9.94. The van der Waals surface area contributed by atoms with Crippen LogP contribution in [0.2, 0.25) is 0 Å². The predicted molar refractivity (Wildman–Crippen MR) is 76.6 cm³/mol. The highest BCUT2D eigenvalue weighted by Crippen LogP contribution is 2.61. The Morgan fingerprint density at radius 1 is 1.41 bits per heavy atom. The first-order valence-corrected chi connectivity index (χ1v) is 6.89. The van der Waals surface area contributed by atoms with Crippen molar-refractivity contribution in [2.24, 2.45) is 5.73 Å². The number of anilines is 1. The molecule has 0 spiro atoms. The molecular weight excluding hydrogens is 297 g/mol. The second kappa shape index (κ2) is 5.15. The van der Waals surface area contributed by atoms with Crippen LogP contribution in [-0.4, -0.2) is 24.2 Å². The number of carbonyl (C=O) groups excluding carboxylic acids is 1. The van der Waals surface area contributed by atoms with Crippen LogP contribution in [-0.2, 0) is 10.2 Å². The van der Waals surface area contributed by atoms with Gasteiger partial charge in [-0.3, -0.25) is 5.32 Å². The fraction of sp³-hybridized carbons (Fsp3) is 0.533. The van der Waals surface area contributed by atoms with Crippen LogP contribution in [0, 0.1) is 5.82 Å². The maximum atomic E-state index is 14.1. The lowest BCUT2D eigenvalue weighted by Crippen LogP contribution is -2.28. The van der Waals surface area contributed by atoms with Gasteiger partial charge in [0.15, 0.2) is 0 Å². The van der Waals surface area contributed by atoms with Crippen molar-refractivity contribution in [2.75, 3.05) is 11.9 Å². The Morgan fingerprint density at radius 2 is 2.00 bits per heavy atom. The van der Waals surface area contributed by atoms with Crippen LogP contribution < -0.4 is 11.1 Å². The molecule has 1 fully saturated rings. The van der Waals surface area contributed by atoms with Gasteiger partial charge in [0.25, 0.3) is 5.92 Å². The summed E-state index contributed by atoms with van der Waals surface area (Å²) < 4.78 is 46.1. The molecule has 0 saturated heterocycles. The Bertz CT molecular complexity index is 599. The fourth-order valence-electron chi connectivity index (χ4n) is 2.36. The number of nitrogens with one attached hydrogen (secondary N) is 1. The van der Waals surface area contributed by atoms with Crippen molar-refractivity contribution in [2.45, 2.75) is 44.1 Å². The van der Waals surface area contributed by atoms with Gasteiger partial charge in [-0.25, -0.2) is 18.0 Å². The first-order chi connectivity index (χ1) is 10.0. The monoisotopic (exact) mass is 316 g/mol. The summed E-state index contributed by atoms with van der Waals surface area (Å²) in [6.07, 6.45) is -1.21. The predicted octanol–water partition coefficient (Wildman–Crippen LogP) is 3.41. The molecule has 1 atom stereocenters. The summed E-state index contributed by atoms with van der Waals surface area (Å²) in [6.45, 7) is 4.74. The fourth-order valence-corrected chi connectivity index (χ4v) is 2.36. The Morgan fingerprint density at radius 3 is 2.41 bits per heavy atom. The first kappa shape index (κ1) is 16.6. The van der Waals surface area contributed by atoms with E-state index in [1.54, 1.807) is 20.8 Å². The van der Waals surface area contributed by atoms with E-state index >= 15 is 0 Å². The van der Waals surface area contributed by atoms with Crippen LogP contribution in [0.5, 0.6) is 0 Å². The summed E-state index contributed by atoms with van der Waals surface area (Å²) >= 11 is 0. The van der Waals surface area contributed by atoms with Gasteiger partial charge in [0.05, 0.1) is 5.41 Å². The number of alkyl halides is 2. The molecule has 1 aromatic rings. The Kier molecular flexibility index (Phi) is 3.89. The molecule has 3 N–H and O–H groups in total. The van der Waals surface area contributed by atoms with E-state index < -0.39 is 35.3 Å². The number of benzene rings is 1. The SMILES string of the molecule is CC(C)(C)OC(=O)Nc1ccc(C2(CN)CC2(F)F)c(F)c1. The van der Waals surface area contributed by atoms with E-state index in [9.17, 15) is 18.0 Å². The number of carbonyl (C=O) groups is 1. The third-order valence-electron chi connectivity index (χ3n) is 3.58. The third kappa shape index (κ3) is 3.04. The van der Waals surface area contributed by atoms with Crippen LogP contribution in [0.3, 0.4) is 0 Å². The van der Waals surface area contributed by atoms with Crippen molar-refractivity contribution in [3.8, 4) is 0 Å². The molecule has 0 aromatic heterocycles. The maximum Gasteiger partial charge on any atom is 0.412 e. The summed E-state index contributed by atoms with van der Waals surface area (Å²) in [6, 6.07) is 3.58. The molecule has 122 valence electrons. The van der Waals surface area contributed by atoms with E-state index in [1.807, 2.05) is 0 Å². The maximum absolute atomic E-state index is 14.1. The van der Waals surface area contributed by atoms with E-state index in [4.69, 9.17) is 10.5 Å². The average molecular weight is 316 g/mol. The zero-order valence-corrected chi connectivity index (χ0v) is 12.7. The Balaban J connectivity index is 2.16. The largest absolute Gasteiger partial charge is 0.444 e. The van der Waals surface area contributed by atoms with Gasteiger partial charge in [0, 0.05) is 24.2 Å². The van der Waals surface area contributed by atoms with E-state index in [0.717, 1.165) is 6.07 Å². The van der Waals surface area contributed by atoms with Crippen LogP contribution in [0.25, 0.3) is 0 Å². The molecule has 1 aliphatic carbocycles. The van der Waals surface area contributed by atoms with Gasteiger partial charge < -0.3 is 10.5 Å². The number of hydrogen-bond donors (Lipinski definition) is 2. The second-order valence-corrected chi connectivity index (χ2v) is 6.49. The topological polar surface area (TPSA) is 64.3 Å². The minimum Gasteiger partial charge on any atom is -0.444 e. The lowest BCUT2D eigenvalue weighted by molar-refractivity contribution is 0.0635. The highest BCUT2D eigenvalue weighted by Gasteiger charge is 2.71. The van der Waals surface area contributed by atoms with E-state index in [-0.39, 0.29) is 17.8 Å². The van der Waals surface area contributed by atoms with Crippen LogP contribution in [0.1, 0.15) is 32.8 Å². The van der Waals surface area contributed by atoms with Gasteiger partial charge in [0.2, 0.25) is 0 Å². The molecule has 1 unspecified atom stereocenters. The van der Waals surface area contributed by atoms with Crippen LogP contribution in [0.4, 0.5) is 23.7 Å². The van der Waals surface area contributed by atoms with Crippen molar-refractivity contribution in [3.63, 3.8) is 0 Å². The molecule has 1 aliphatic rings. The molecule has 22 heavy (non-hydrogen) atoms. The van der Waals surface area contributed by atoms with E-state index in [0.29, 0.717) is 0 Å². The number of ether oxygens (including phenoxy) is 1. The minimum absolute atomic E-state index is 0.130. The van der Waals surface area contributed by atoms with Crippen LogP contribution >= 0.6 is 0 Å². The molecule has 2 rings (SSSR count). The molecule has 7 heteroatoms. The van der Waals surface area contributed by atoms with Crippen molar-refractivity contribution in [1.82, 2.24) is 0 Å². The van der Waals surface area contributed by atoms with Gasteiger partial charge >= 0.3 is 6.09 Å². The lowest BCUT2D eigenvalue weighted by Gasteiger charge is -2.20. The molecule has 1 aromatic carbocycles. The molecule has 0 bridgehead atoms. The van der Waals surface area contributed by atoms with Gasteiger partial charge in [-0.1, -0.05) is 6.07 Å². The highest BCUT2D eigenvalue weighted by molar-refractivity contribution is 5.84. The smallest absolute Gasteiger partial charge is 0.412 e. The Hall–Kier alpha value is -1.76. The number of nitrogens with two attached hydrogens (primary N) is 1. The first-order valence-electron chi connectivity index (χ1n) is 6.89. The zero-order chi connectivity index (χ0) is 16.8. The van der Waals surface area contributed by atoms with Crippen molar-refractivity contribution >= 4 is 11.8 Å². The average Bonchev–Trinajstić information content (AvgIpc) is 2.90.